The van der Waals surface area contributed by atoms with Crippen LogP contribution in [0, 0.1) is 5.92 Å². The van der Waals surface area contributed by atoms with Crippen LogP contribution in [-0.2, 0) is 4.74 Å². The number of aliphatic hydroxyl groups excluding tert-OH is 1. The largest absolute Gasteiger partial charge is 0.496 e. The minimum Gasteiger partial charge on any atom is -0.496 e. The third kappa shape index (κ3) is 6.03. The quantitative estimate of drug-likeness (QED) is 0.610. The fraction of sp³-hybridized carbons (Fsp3) is 0.833. The molecule has 84 valence electrons. The molecule has 0 spiro atoms. The van der Waals surface area contributed by atoms with Gasteiger partial charge in [0, 0.05) is 0 Å². The third-order valence-corrected chi connectivity index (χ3v) is 2.53. The lowest BCUT2D eigenvalue weighted by molar-refractivity contribution is 0.123. The molecule has 0 aliphatic carbocycles. The molecule has 1 N–H and O–H groups in total. The summed E-state index contributed by atoms with van der Waals surface area (Å²) in [6.07, 6.45) is 6.73. The van der Waals surface area contributed by atoms with Gasteiger partial charge < -0.3 is 9.84 Å². The van der Waals surface area contributed by atoms with Crippen LogP contribution in [0.1, 0.15) is 46.5 Å². The lowest BCUT2D eigenvalue weighted by Gasteiger charge is -2.16. The molecule has 0 rings (SSSR count). The van der Waals surface area contributed by atoms with E-state index < -0.39 is 0 Å². The van der Waals surface area contributed by atoms with E-state index >= 15 is 0 Å². The van der Waals surface area contributed by atoms with Crippen molar-refractivity contribution in [2.45, 2.75) is 46.5 Å². The number of unbranched alkanes of at least 4 members (excludes halogenated alkanes) is 1. The lowest BCUT2D eigenvalue weighted by Crippen LogP contribution is -2.10. The second kappa shape index (κ2) is 9.07. The Bertz CT molecular complexity index is 152. The van der Waals surface area contributed by atoms with Gasteiger partial charge in [-0.1, -0.05) is 33.1 Å². The Morgan fingerprint density at radius 1 is 1.43 bits per heavy atom. The second-order valence-corrected chi connectivity index (χ2v) is 3.64. The SMILES string of the molecule is CC=C(CO)OCC(CC)CCCC. The summed E-state index contributed by atoms with van der Waals surface area (Å²) < 4.78 is 5.50. The predicted octanol–water partition coefficient (Wildman–Crippen LogP) is 3.12. The van der Waals surface area contributed by atoms with Gasteiger partial charge in [-0.25, -0.2) is 0 Å². The van der Waals surface area contributed by atoms with E-state index in [1.165, 1.54) is 19.3 Å². The minimum atomic E-state index is 0.0146. The Morgan fingerprint density at radius 3 is 2.57 bits per heavy atom. The summed E-state index contributed by atoms with van der Waals surface area (Å²) in [5, 5.41) is 8.89. The van der Waals surface area contributed by atoms with Crippen LogP contribution in [0.15, 0.2) is 11.8 Å². The van der Waals surface area contributed by atoms with Gasteiger partial charge in [-0.3, -0.25) is 0 Å². The molecular weight excluding hydrogens is 176 g/mol. The van der Waals surface area contributed by atoms with Crippen LogP contribution in [0.2, 0.25) is 0 Å². The van der Waals surface area contributed by atoms with Crippen molar-refractivity contribution in [2.75, 3.05) is 13.2 Å². The molecule has 0 aromatic heterocycles. The van der Waals surface area contributed by atoms with Crippen molar-refractivity contribution in [3.8, 4) is 0 Å². The topological polar surface area (TPSA) is 29.5 Å². The highest BCUT2D eigenvalue weighted by Crippen LogP contribution is 2.14. The van der Waals surface area contributed by atoms with E-state index in [1.54, 1.807) is 0 Å². The first kappa shape index (κ1) is 13.5. The Kier molecular flexibility index (Phi) is 8.75. The van der Waals surface area contributed by atoms with Gasteiger partial charge in [-0.2, -0.15) is 0 Å². The minimum absolute atomic E-state index is 0.0146. The zero-order valence-electron chi connectivity index (χ0n) is 9.75. The van der Waals surface area contributed by atoms with E-state index in [4.69, 9.17) is 9.84 Å². The molecule has 0 saturated heterocycles. The molecule has 2 heteroatoms. The maximum absolute atomic E-state index is 8.89. The fourth-order valence-corrected chi connectivity index (χ4v) is 1.34. The van der Waals surface area contributed by atoms with Crippen LogP contribution in [0.5, 0.6) is 0 Å². The summed E-state index contributed by atoms with van der Waals surface area (Å²) in [6.45, 7) is 7.05. The van der Waals surface area contributed by atoms with E-state index in [0.717, 1.165) is 13.0 Å². The molecule has 1 atom stereocenters. The monoisotopic (exact) mass is 200 g/mol. The number of ether oxygens (including phenoxy) is 1. The molecule has 0 bridgehead atoms. The third-order valence-electron chi connectivity index (χ3n) is 2.53. The number of hydrogen-bond acceptors (Lipinski definition) is 2. The van der Waals surface area contributed by atoms with Crippen LogP contribution < -0.4 is 0 Å². The molecule has 0 aromatic rings. The predicted molar refractivity (Wildman–Crippen MR) is 60.1 cm³/mol. The number of aliphatic hydroxyl groups is 1. The van der Waals surface area contributed by atoms with Crippen LogP contribution in [0.4, 0.5) is 0 Å². The zero-order chi connectivity index (χ0) is 10.8. The van der Waals surface area contributed by atoms with Crippen LogP contribution in [0.3, 0.4) is 0 Å². The Balaban J connectivity index is 3.71. The fourth-order valence-electron chi connectivity index (χ4n) is 1.34. The van der Waals surface area contributed by atoms with Gasteiger partial charge in [0.2, 0.25) is 0 Å². The molecule has 14 heavy (non-hydrogen) atoms. The standard InChI is InChI=1S/C12H24O2/c1-4-7-8-11(5-2)10-14-12(6-3)9-13/h6,11,13H,4-5,7-10H2,1-3H3. The van der Waals surface area contributed by atoms with Gasteiger partial charge in [-0.05, 0) is 25.3 Å². The average molecular weight is 200 g/mol. The van der Waals surface area contributed by atoms with Crippen LogP contribution in [0.25, 0.3) is 0 Å². The molecule has 0 amide bonds. The van der Waals surface area contributed by atoms with Crippen molar-refractivity contribution in [3.63, 3.8) is 0 Å². The highest BCUT2D eigenvalue weighted by Gasteiger charge is 2.06. The van der Waals surface area contributed by atoms with Gasteiger partial charge >= 0.3 is 0 Å². The van der Waals surface area contributed by atoms with E-state index in [1.807, 2.05) is 13.0 Å². The number of rotatable bonds is 8. The molecule has 1 unspecified atom stereocenters. The highest BCUT2D eigenvalue weighted by molar-refractivity contribution is 4.89. The summed E-state index contributed by atoms with van der Waals surface area (Å²) in [7, 11) is 0. The molecular formula is C12H24O2. The smallest absolute Gasteiger partial charge is 0.117 e. The maximum atomic E-state index is 8.89. The summed E-state index contributed by atoms with van der Waals surface area (Å²) >= 11 is 0. The van der Waals surface area contributed by atoms with Gasteiger partial charge in [-0.15, -0.1) is 0 Å². The Hall–Kier alpha value is -0.500. The Morgan fingerprint density at radius 2 is 2.14 bits per heavy atom. The molecule has 0 heterocycles. The van der Waals surface area contributed by atoms with Crippen molar-refractivity contribution in [2.24, 2.45) is 5.92 Å². The van der Waals surface area contributed by atoms with Crippen molar-refractivity contribution >= 4 is 0 Å². The molecule has 0 aliphatic rings. The first-order valence-corrected chi connectivity index (χ1v) is 5.67. The second-order valence-electron chi connectivity index (χ2n) is 3.64. The van der Waals surface area contributed by atoms with Crippen LogP contribution >= 0.6 is 0 Å². The maximum Gasteiger partial charge on any atom is 0.117 e. The lowest BCUT2D eigenvalue weighted by atomic mass is 10.0. The molecule has 0 saturated carbocycles. The van der Waals surface area contributed by atoms with Crippen molar-refractivity contribution in [1.82, 2.24) is 0 Å². The number of hydrogen-bond donors (Lipinski definition) is 1. The highest BCUT2D eigenvalue weighted by atomic mass is 16.5. The number of allylic oxidation sites excluding steroid dienone is 1. The van der Waals surface area contributed by atoms with Gasteiger partial charge in [0.05, 0.1) is 6.61 Å². The molecule has 0 aromatic carbocycles. The molecule has 0 fully saturated rings. The van der Waals surface area contributed by atoms with Gasteiger partial charge in [0.25, 0.3) is 0 Å². The van der Waals surface area contributed by atoms with E-state index in [0.29, 0.717) is 11.7 Å². The van der Waals surface area contributed by atoms with Crippen molar-refractivity contribution in [1.29, 1.82) is 0 Å². The van der Waals surface area contributed by atoms with Gasteiger partial charge in [0.1, 0.15) is 12.4 Å². The van der Waals surface area contributed by atoms with Crippen molar-refractivity contribution < 1.29 is 9.84 Å². The Labute approximate surface area is 88.0 Å². The van der Waals surface area contributed by atoms with Gasteiger partial charge in [0.15, 0.2) is 0 Å². The van der Waals surface area contributed by atoms with Crippen molar-refractivity contribution in [3.05, 3.63) is 11.8 Å². The summed E-state index contributed by atoms with van der Waals surface area (Å²) in [5.74, 6) is 1.33. The van der Waals surface area contributed by atoms with E-state index in [9.17, 15) is 0 Å². The molecule has 2 nitrogen and oxygen atoms in total. The summed E-state index contributed by atoms with van der Waals surface area (Å²) in [4.78, 5) is 0. The summed E-state index contributed by atoms with van der Waals surface area (Å²) in [5.41, 5.74) is 0. The first-order valence-electron chi connectivity index (χ1n) is 5.67. The van der Waals surface area contributed by atoms with Crippen LogP contribution in [-0.4, -0.2) is 18.3 Å². The molecule has 0 aliphatic heterocycles. The van der Waals surface area contributed by atoms with E-state index in [-0.39, 0.29) is 6.61 Å². The first-order chi connectivity index (χ1) is 6.78. The normalized spacial score (nSPS) is 14.1. The zero-order valence-corrected chi connectivity index (χ0v) is 9.75. The average Bonchev–Trinajstić information content (AvgIpc) is 2.23. The van der Waals surface area contributed by atoms with E-state index in [2.05, 4.69) is 13.8 Å². The summed E-state index contributed by atoms with van der Waals surface area (Å²) in [6, 6.07) is 0. The molecule has 0 radical (unpaired) electrons.